The molecule has 290 valence electrons. The largest absolute Gasteiger partial charge is 0.424 e. The lowest BCUT2D eigenvalue weighted by atomic mass is 10.3. The lowest BCUT2D eigenvalue weighted by molar-refractivity contribution is 0.394. The molecule has 10 nitrogen and oxygen atoms in total. The van der Waals surface area contributed by atoms with Crippen LogP contribution in [0.4, 0.5) is 0 Å². The van der Waals surface area contributed by atoms with Gasteiger partial charge in [0, 0.05) is 15.8 Å². The van der Waals surface area contributed by atoms with E-state index in [2.05, 4.69) is 58.5 Å². The van der Waals surface area contributed by atoms with Crippen molar-refractivity contribution in [2.45, 2.75) is 0 Å². The van der Waals surface area contributed by atoms with E-state index in [1.807, 2.05) is 133 Å². The number of nitrogens with zero attached hydrogens (tertiary/aromatic N) is 6. The molecule has 0 aliphatic heterocycles. The first-order valence-corrected chi connectivity index (χ1v) is 21.6. The van der Waals surface area contributed by atoms with Crippen LogP contribution in [0.5, 0.6) is 47.0 Å². The Morgan fingerprint density at radius 1 is 0.233 bits per heavy atom. The molecule has 0 radical (unpaired) electrons. The van der Waals surface area contributed by atoms with Gasteiger partial charge >= 0.3 is 24.0 Å². The second kappa shape index (κ2) is 18.5. The van der Waals surface area contributed by atoms with Crippen molar-refractivity contribution >= 4 is 48.2 Å². The molecular formula is C48H34N6O4P2. The van der Waals surface area contributed by atoms with Gasteiger partial charge in [-0.2, -0.15) is 19.9 Å². The van der Waals surface area contributed by atoms with Gasteiger partial charge in [-0.3, -0.25) is 0 Å². The fraction of sp³-hybridized carbons (Fsp3) is 0. The van der Waals surface area contributed by atoms with Gasteiger partial charge in [0.05, 0.1) is 0 Å². The second-order valence-electron chi connectivity index (χ2n) is 12.9. The maximum absolute atomic E-state index is 6.31. The summed E-state index contributed by atoms with van der Waals surface area (Å²) in [6, 6.07) is 66.9. The van der Waals surface area contributed by atoms with Gasteiger partial charge in [0.2, 0.25) is 0 Å². The van der Waals surface area contributed by atoms with E-state index in [0.717, 1.165) is 21.2 Å². The van der Waals surface area contributed by atoms with Crippen LogP contribution in [-0.4, -0.2) is 29.9 Å². The fourth-order valence-electron chi connectivity index (χ4n) is 6.08. The minimum atomic E-state index is -1.19. The highest BCUT2D eigenvalue weighted by Gasteiger charge is 2.25. The summed E-state index contributed by atoms with van der Waals surface area (Å²) in [5.74, 6) is 2.11. The molecule has 0 N–H and O–H groups in total. The van der Waals surface area contributed by atoms with Crippen molar-refractivity contribution in [3.05, 3.63) is 206 Å². The number of hydrogen-bond donors (Lipinski definition) is 0. The number of aromatic nitrogens is 6. The van der Waals surface area contributed by atoms with Crippen molar-refractivity contribution in [1.29, 1.82) is 0 Å². The molecule has 0 unspecified atom stereocenters. The van der Waals surface area contributed by atoms with Crippen molar-refractivity contribution in [2.24, 2.45) is 0 Å². The zero-order valence-electron chi connectivity index (χ0n) is 31.8. The molecule has 0 saturated heterocycles. The first-order valence-electron chi connectivity index (χ1n) is 18.9. The van der Waals surface area contributed by atoms with Crippen molar-refractivity contribution < 1.29 is 18.9 Å². The quantitative estimate of drug-likeness (QED) is 0.0988. The number of para-hydroxylation sites is 2. The number of benzene rings is 7. The summed E-state index contributed by atoms with van der Waals surface area (Å²) in [6.07, 6.45) is 0. The van der Waals surface area contributed by atoms with E-state index in [1.54, 1.807) is 24.3 Å². The second-order valence-corrected chi connectivity index (χ2v) is 17.1. The lowest BCUT2D eigenvalue weighted by Gasteiger charge is -2.18. The smallest absolute Gasteiger partial charge is 0.328 e. The Bertz CT molecular complexity index is 2490. The first-order chi connectivity index (χ1) is 29.7. The van der Waals surface area contributed by atoms with E-state index in [-0.39, 0.29) is 24.0 Å². The molecular weight excluding hydrogens is 787 g/mol. The summed E-state index contributed by atoms with van der Waals surface area (Å²) in [6.45, 7) is 0. The molecule has 60 heavy (non-hydrogen) atoms. The molecule has 0 spiro atoms. The molecule has 9 aromatic rings. The van der Waals surface area contributed by atoms with Crippen molar-refractivity contribution in [2.75, 3.05) is 0 Å². The Morgan fingerprint density at radius 2 is 0.450 bits per heavy atom. The Morgan fingerprint density at radius 3 is 0.700 bits per heavy atom. The SMILES string of the molecule is c1ccc(Oc2nc(Oc3ccc(Oc4nc(Oc5ccccc5)nc(P(c5ccccc5)c5ccccc5)n4)cc3)nc(P(c3ccccc3)c3ccccc3)n2)cc1. The van der Waals surface area contributed by atoms with Gasteiger partial charge in [-0.25, -0.2) is 0 Å². The van der Waals surface area contributed by atoms with Gasteiger partial charge in [0.15, 0.2) is 11.1 Å². The summed E-state index contributed by atoms with van der Waals surface area (Å²) >= 11 is 0. The molecule has 0 amide bonds. The molecule has 0 aliphatic rings. The highest BCUT2D eigenvalue weighted by Crippen LogP contribution is 2.35. The first kappa shape index (κ1) is 38.2. The molecule has 2 heterocycles. The van der Waals surface area contributed by atoms with Gasteiger partial charge in [-0.15, -0.1) is 9.97 Å². The van der Waals surface area contributed by atoms with Crippen LogP contribution in [0.2, 0.25) is 0 Å². The summed E-state index contributed by atoms with van der Waals surface area (Å²) in [4.78, 5) is 28.6. The molecule has 0 saturated carbocycles. The standard InChI is InChI=1S/C48H34N6O4P2/c1-7-19-35(20-8-1)55-43-49-45(53-47(51-43)59(39-23-11-3-12-24-39)40-25-13-4-14-26-40)57-37-31-33-38(34-32-37)58-46-50-44(56-36-21-9-2-10-22-36)52-48(54-46)60(41-27-15-5-16-28-41)42-29-17-6-18-30-42/h1-34H. The van der Waals surface area contributed by atoms with Crippen LogP contribution in [-0.2, 0) is 0 Å². The van der Waals surface area contributed by atoms with E-state index in [1.165, 1.54) is 0 Å². The van der Waals surface area contributed by atoms with Crippen LogP contribution in [0, 0.1) is 0 Å². The molecule has 0 bridgehead atoms. The molecule has 12 heteroatoms. The number of rotatable bonds is 14. The number of ether oxygens (including phenoxy) is 4. The zero-order valence-corrected chi connectivity index (χ0v) is 33.6. The minimum Gasteiger partial charge on any atom is -0.424 e. The zero-order chi connectivity index (χ0) is 40.4. The molecule has 2 aromatic heterocycles. The summed E-state index contributed by atoms with van der Waals surface area (Å²) < 4.78 is 24.9. The summed E-state index contributed by atoms with van der Waals surface area (Å²) in [5.41, 5.74) is 1.06. The molecule has 0 atom stereocenters. The van der Waals surface area contributed by atoms with Crippen molar-refractivity contribution in [1.82, 2.24) is 29.9 Å². The predicted octanol–water partition coefficient (Wildman–Crippen LogP) is 8.74. The van der Waals surface area contributed by atoms with Crippen LogP contribution < -0.4 is 51.3 Å². The Balaban J connectivity index is 1.03. The molecule has 7 aromatic carbocycles. The Kier molecular flexibility index (Phi) is 11.7. The van der Waals surface area contributed by atoms with E-state index < -0.39 is 15.8 Å². The normalized spacial score (nSPS) is 11.0. The van der Waals surface area contributed by atoms with Gasteiger partial charge < -0.3 is 18.9 Å². The maximum atomic E-state index is 6.31. The van der Waals surface area contributed by atoms with Crippen LogP contribution in [0.15, 0.2) is 206 Å². The minimum absolute atomic E-state index is 0.0824. The average Bonchev–Trinajstić information content (AvgIpc) is 3.29. The maximum Gasteiger partial charge on any atom is 0.328 e. The average molecular weight is 821 g/mol. The monoisotopic (exact) mass is 820 g/mol. The highest BCUT2D eigenvalue weighted by atomic mass is 31.1. The van der Waals surface area contributed by atoms with E-state index in [0.29, 0.717) is 34.1 Å². The van der Waals surface area contributed by atoms with Crippen LogP contribution in [0.1, 0.15) is 0 Å². The van der Waals surface area contributed by atoms with E-state index in [9.17, 15) is 0 Å². The lowest BCUT2D eigenvalue weighted by Crippen LogP contribution is -2.26. The molecule has 0 fully saturated rings. The third kappa shape index (κ3) is 9.49. The molecule has 0 aliphatic carbocycles. The molecule has 9 rings (SSSR count). The third-order valence-electron chi connectivity index (χ3n) is 8.77. The summed E-state index contributed by atoms with van der Waals surface area (Å²) in [5, 5.41) is 4.28. The van der Waals surface area contributed by atoms with Crippen LogP contribution >= 0.6 is 15.8 Å². The van der Waals surface area contributed by atoms with Gasteiger partial charge in [-0.1, -0.05) is 158 Å². The topological polar surface area (TPSA) is 114 Å². The Labute approximate surface area is 349 Å². The van der Waals surface area contributed by atoms with Gasteiger partial charge in [0.1, 0.15) is 23.0 Å². The highest BCUT2D eigenvalue weighted by molar-refractivity contribution is 7.79. The van der Waals surface area contributed by atoms with Crippen molar-refractivity contribution in [3.8, 4) is 47.0 Å². The van der Waals surface area contributed by atoms with Crippen LogP contribution in [0.25, 0.3) is 0 Å². The van der Waals surface area contributed by atoms with Crippen molar-refractivity contribution in [3.63, 3.8) is 0 Å². The summed E-state index contributed by atoms with van der Waals surface area (Å²) in [7, 11) is -2.38. The number of hydrogen-bond acceptors (Lipinski definition) is 10. The predicted molar refractivity (Wildman–Crippen MR) is 237 cm³/mol. The van der Waals surface area contributed by atoms with Crippen LogP contribution in [0.3, 0.4) is 0 Å². The van der Waals surface area contributed by atoms with Gasteiger partial charge in [0.25, 0.3) is 0 Å². The fourth-order valence-corrected chi connectivity index (χ4v) is 10.2. The van der Waals surface area contributed by atoms with E-state index >= 15 is 0 Å². The van der Waals surface area contributed by atoms with E-state index in [4.69, 9.17) is 38.9 Å². The van der Waals surface area contributed by atoms with Gasteiger partial charge in [-0.05, 0) is 69.7 Å². The third-order valence-corrected chi connectivity index (χ3v) is 13.2. The Hall–Kier alpha value is -7.38.